The average molecular weight is 317 g/mol. The van der Waals surface area contributed by atoms with E-state index >= 15 is 0 Å². The van der Waals surface area contributed by atoms with Gasteiger partial charge >= 0.3 is 0 Å². The van der Waals surface area contributed by atoms with Crippen LogP contribution in [0.2, 0.25) is 0 Å². The zero-order valence-corrected chi connectivity index (χ0v) is 13.4. The van der Waals surface area contributed by atoms with E-state index in [1.807, 2.05) is 41.6 Å². The van der Waals surface area contributed by atoms with Crippen LogP contribution in [0, 0.1) is 0 Å². The van der Waals surface area contributed by atoms with Crippen molar-refractivity contribution in [2.75, 3.05) is 33.3 Å². The van der Waals surface area contributed by atoms with Gasteiger partial charge in [0.15, 0.2) is 5.06 Å². The first-order chi connectivity index (χ1) is 10.8. The Morgan fingerprint density at radius 1 is 1.18 bits per heavy atom. The zero-order valence-electron chi connectivity index (χ0n) is 12.6. The van der Waals surface area contributed by atoms with Crippen molar-refractivity contribution in [3.05, 3.63) is 47.1 Å². The van der Waals surface area contributed by atoms with E-state index in [4.69, 9.17) is 4.74 Å². The highest BCUT2D eigenvalue weighted by atomic mass is 32.1. The smallest absolute Gasteiger partial charge is 0.264 e. The van der Waals surface area contributed by atoms with E-state index in [1.54, 1.807) is 7.11 Å². The normalized spacial score (nSPS) is 15.8. The van der Waals surface area contributed by atoms with Crippen LogP contribution in [0.15, 0.2) is 36.7 Å². The van der Waals surface area contributed by atoms with E-state index in [0.29, 0.717) is 0 Å². The van der Waals surface area contributed by atoms with Gasteiger partial charge in [-0.1, -0.05) is 11.3 Å². The molecule has 1 fully saturated rings. The topological polar surface area (TPSA) is 45.7 Å². The van der Waals surface area contributed by atoms with Crippen LogP contribution < -0.4 is 4.74 Å². The standard InChI is InChI=1S/C16H19N3O2S/c1-21-15-3-2-14(22-15)16(20)19-10-8-18(9-11-19)12-13-4-6-17-7-5-13/h2-7H,8-12H2,1H3. The van der Waals surface area contributed by atoms with Crippen molar-refractivity contribution in [2.45, 2.75) is 6.54 Å². The first kappa shape index (κ1) is 15.0. The molecule has 5 nitrogen and oxygen atoms in total. The quantitative estimate of drug-likeness (QED) is 0.866. The third-order valence-corrected chi connectivity index (χ3v) is 4.84. The van der Waals surface area contributed by atoms with Gasteiger partial charge in [0.2, 0.25) is 0 Å². The largest absolute Gasteiger partial charge is 0.487 e. The van der Waals surface area contributed by atoms with Crippen molar-refractivity contribution in [1.82, 2.24) is 14.8 Å². The first-order valence-electron chi connectivity index (χ1n) is 7.30. The van der Waals surface area contributed by atoms with Gasteiger partial charge in [0.1, 0.15) is 0 Å². The number of hydrogen-bond acceptors (Lipinski definition) is 5. The van der Waals surface area contributed by atoms with Crippen LogP contribution in [0.3, 0.4) is 0 Å². The molecule has 0 aliphatic carbocycles. The second kappa shape index (κ2) is 6.89. The summed E-state index contributed by atoms with van der Waals surface area (Å²) < 4.78 is 5.15. The SMILES string of the molecule is COc1ccc(C(=O)N2CCN(Cc3ccncc3)CC2)s1. The summed E-state index contributed by atoms with van der Waals surface area (Å²) >= 11 is 1.40. The lowest BCUT2D eigenvalue weighted by atomic mass is 10.2. The third kappa shape index (κ3) is 3.45. The maximum atomic E-state index is 12.4. The number of carbonyl (C=O) groups is 1. The number of piperazine rings is 1. The van der Waals surface area contributed by atoms with Gasteiger partial charge in [0.05, 0.1) is 12.0 Å². The van der Waals surface area contributed by atoms with Gasteiger partial charge in [-0.25, -0.2) is 0 Å². The molecule has 116 valence electrons. The Labute approximate surface area is 134 Å². The van der Waals surface area contributed by atoms with Crippen LogP contribution in [-0.2, 0) is 6.54 Å². The van der Waals surface area contributed by atoms with E-state index in [2.05, 4.69) is 9.88 Å². The Morgan fingerprint density at radius 3 is 2.55 bits per heavy atom. The second-order valence-corrected chi connectivity index (χ2v) is 6.29. The summed E-state index contributed by atoms with van der Waals surface area (Å²) in [6, 6.07) is 7.76. The molecule has 1 saturated heterocycles. The molecule has 22 heavy (non-hydrogen) atoms. The summed E-state index contributed by atoms with van der Waals surface area (Å²) in [6.45, 7) is 4.25. The Morgan fingerprint density at radius 2 is 1.91 bits per heavy atom. The number of rotatable bonds is 4. The number of thiophene rings is 1. The number of pyridine rings is 1. The molecule has 3 rings (SSSR count). The molecule has 0 radical (unpaired) electrons. The fourth-order valence-corrected chi connectivity index (χ4v) is 3.34. The van der Waals surface area contributed by atoms with E-state index < -0.39 is 0 Å². The van der Waals surface area contributed by atoms with E-state index in [-0.39, 0.29) is 5.91 Å². The van der Waals surface area contributed by atoms with Crippen molar-refractivity contribution in [3.8, 4) is 5.06 Å². The fourth-order valence-electron chi connectivity index (χ4n) is 2.56. The van der Waals surface area contributed by atoms with Crippen molar-refractivity contribution >= 4 is 17.2 Å². The lowest BCUT2D eigenvalue weighted by Crippen LogP contribution is -2.48. The minimum atomic E-state index is 0.108. The molecule has 6 heteroatoms. The molecule has 1 aliphatic rings. The molecule has 3 heterocycles. The van der Waals surface area contributed by atoms with Crippen LogP contribution in [0.1, 0.15) is 15.2 Å². The number of methoxy groups -OCH3 is 1. The maximum Gasteiger partial charge on any atom is 0.264 e. The molecular weight excluding hydrogens is 298 g/mol. The van der Waals surface area contributed by atoms with Gasteiger partial charge in [-0.15, -0.1) is 0 Å². The summed E-state index contributed by atoms with van der Waals surface area (Å²) in [7, 11) is 1.62. The van der Waals surface area contributed by atoms with Crippen molar-refractivity contribution in [3.63, 3.8) is 0 Å². The number of hydrogen-bond donors (Lipinski definition) is 0. The Hall–Kier alpha value is -1.92. The Balaban J connectivity index is 1.54. The van der Waals surface area contributed by atoms with Gasteiger partial charge in [-0.05, 0) is 29.8 Å². The predicted molar refractivity (Wildman–Crippen MR) is 86.3 cm³/mol. The molecule has 1 amide bonds. The molecule has 0 atom stereocenters. The number of ether oxygens (including phenoxy) is 1. The lowest BCUT2D eigenvalue weighted by molar-refractivity contribution is 0.0633. The number of amides is 1. The summed E-state index contributed by atoms with van der Waals surface area (Å²) in [5.41, 5.74) is 1.26. The molecule has 1 aliphatic heterocycles. The van der Waals surface area contributed by atoms with Crippen LogP contribution in [0.25, 0.3) is 0 Å². The maximum absolute atomic E-state index is 12.4. The van der Waals surface area contributed by atoms with Crippen LogP contribution in [0.4, 0.5) is 0 Å². The summed E-state index contributed by atoms with van der Waals surface area (Å²) in [5, 5.41) is 0.777. The van der Waals surface area contributed by atoms with Crippen LogP contribution in [0.5, 0.6) is 5.06 Å². The van der Waals surface area contributed by atoms with Gasteiger partial charge in [0.25, 0.3) is 5.91 Å². The van der Waals surface area contributed by atoms with Gasteiger partial charge in [-0.3, -0.25) is 14.7 Å². The minimum Gasteiger partial charge on any atom is -0.487 e. The van der Waals surface area contributed by atoms with E-state index in [9.17, 15) is 4.79 Å². The Kier molecular flexibility index (Phi) is 4.70. The summed E-state index contributed by atoms with van der Waals surface area (Å²) in [4.78, 5) is 21.5. The van der Waals surface area contributed by atoms with Crippen molar-refractivity contribution in [2.24, 2.45) is 0 Å². The van der Waals surface area contributed by atoms with Gasteiger partial charge in [0, 0.05) is 45.1 Å². The summed E-state index contributed by atoms with van der Waals surface area (Å²) in [6.07, 6.45) is 3.64. The zero-order chi connectivity index (χ0) is 15.4. The third-order valence-electron chi connectivity index (χ3n) is 3.81. The van der Waals surface area contributed by atoms with Crippen LogP contribution in [-0.4, -0.2) is 54.0 Å². The molecule has 0 N–H and O–H groups in total. The second-order valence-electron chi connectivity index (χ2n) is 5.25. The molecule has 0 spiro atoms. The lowest BCUT2D eigenvalue weighted by Gasteiger charge is -2.34. The minimum absolute atomic E-state index is 0.108. The van der Waals surface area contributed by atoms with Crippen molar-refractivity contribution < 1.29 is 9.53 Å². The first-order valence-corrected chi connectivity index (χ1v) is 8.12. The van der Waals surface area contributed by atoms with Crippen molar-refractivity contribution in [1.29, 1.82) is 0 Å². The molecular formula is C16H19N3O2S. The number of carbonyl (C=O) groups excluding carboxylic acids is 1. The van der Waals surface area contributed by atoms with Gasteiger partial charge < -0.3 is 9.64 Å². The van der Waals surface area contributed by atoms with Crippen LogP contribution >= 0.6 is 11.3 Å². The molecule has 0 saturated carbocycles. The molecule has 2 aromatic rings. The van der Waals surface area contributed by atoms with E-state index in [1.165, 1.54) is 16.9 Å². The van der Waals surface area contributed by atoms with Gasteiger partial charge in [-0.2, -0.15) is 0 Å². The van der Waals surface area contributed by atoms with E-state index in [0.717, 1.165) is 42.7 Å². The number of aromatic nitrogens is 1. The monoisotopic (exact) mass is 317 g/mol. The predicted octanol–water partition coefficient (Wildman–Crippen LogP) is 2.11. The number of nitrogens with zero attached hydrogens (tertiary/aromatic N) is 3. The fraction of sp³-hybridized carbons (Fsp3) is 0.375. The Bertz CT molecular complexity index is 621. The highest BCUT2D eigenvalue weighted by Crippen LogP contribution is 2.25. The average Bonchev–Trinajstić information content (AvgIpc) is 3.05. The molecule has 0 bridgehead atoms. The molecule has 0 unspecified atom stereocenters. The molecule has 0 aromatic carbocycles. The highest BCUT2D eigenvalue weighted by molar-refractivity contribution is 7.15. The summed E-state index contributed by atoms with van der Waals surface area (Å²) in [5.74, 6) is 0.108. The molecule has 2 aromatic heterocycles. The highest BCUT2D eigenvalue weighted by Gasteiger charge is 2.23.